The fourth-order valence-electron chi connectivity index (χ4n) is 1.81. The van der Waals surface area contributed by atoms with Gasteiger partial charge < -0.3 is 9.42 Å². The van der Waals surface area contributed by atoms with E-state index in [1.165, 1.54) is 4.90 Å². The van der Waals surface area contributed by atoms with Crippen molar-refractivity contribution in [2.75, 3.05) is 12.4 Å². The van der Waals surface area contributed by atoms with E-state index in [0.29, 0.717) is 23.8 Å². The largest absolute Gasteiger partial charge is 0.361 e. The summed E-state index contributed by atoms with van der Waals surface area (Å²) in [6.45, 7) is 8.34. The Bertz CT molecular complexity index is 643. The summed E-state index contributed by atoms with van der Waals surface area (Å²) in [6, 6.07) is 5.13. The first kappa shape index (κ1) is 15.9. The van der Waals surface area contributed by atoms with Gasteiger partial charge in [0.1, 0.15) is 11.5 Å². The molecule has 0 fully saturated rings. The van der Waals surface area contributed by atoms with Crippen molar-refractivity contribution in [2.24, 2.45) is 0 Å². The van der Waals surface area contributed by atoms with E-state index in [4.69, 9.17) is 4.52 Å². The number of aromatic nitrogens is 3. The number of hydrogen-bond donors (Lipinski definition) is 1. The van der Waals surface area contributed by atoms with Gasteiger partial charge in [-0.2, -0.15) is 5.10 Å². The van der Waals surface area contributed by atoms with Gasteiger partial charge in [0.15, 0.2) is 5.82 Å². The van der Waals surface area contributed by atoms with Gasteiger partial charge in [-0.1, -0.05) is 25.9 Å². The van der Waals surface area contributed by atoms with Crippen LogP contribution in [0.2, 0.25) is 0 Å². The van der Waals surface area contributed by atoms with E-state index < -0.39 is 0 Å². The van der Waals surface area contributed by atoms with Crippen LogP contribution in [0.1, 0.15) is 37.9 Å². The summed E-state index contributed by atoms with van der Waals surface area (Å²) in [5.74, 6) is 1.13. The molecule has 7 heteroatoms. The highest BCUT2D eigenvalue weighted by Crippen LogP contribution is 2.19. The van der Waals surface area contributed by atoms with Crippen LogP contribution in [0.3, 0.4) is 0 Å². The lowest BCUT2D eigenvalue weighted by Crippen LogP contribution is -2.31. The smallest absolute Gasteiger partial charge is 0.323 e. The zero-order chi connectivity index (χ0) is 16.3. The van der Waals surface area contributed by atoms with Crippen LogP contribution in [0.15, 0.2) is 22.7 Å². The third-order valence-electron chi connectivity index (χ3n) is 3.09. The maximum atomic E-state index is 12.1. The molecule has 2 rings (SSSR count). The summed E-state index contributed by atoms with van der Waals surface area (Å²) in [5, 5.41) is 14.7. The molecular weight excluding hydrogens is 282 g/mol. The molecule has 2 heterocycles. The van der Waals surface area contributed by atoms with Crippen LogP contribution < -0.4 is 5.32 Å². The number of hydrogen-bond acceptors (Lipinski definition) is 5. The number of nitrogens with zero attached hydrogens (tertiary/aromatic N) is 4. The fourth-order valence-corrected chi connectivity index (χ4v) is 1.81. The standard InChI is InChI=1S/C15H21N5O2/c1-10-8-11(19-22-10)9-20(5)14(21)16-13-7-6-12(17-18-13)15(2,3)4/h6-8H,9H2,1-5H3,(H,16,18,21). The van der Waals surface area contributed by atoms with E-state index in [-0.39, 0.29) is 11.4 Å². The molecule has 0 radical (unpaired) electrons. The number of nitrogens with one attached hydrogen (secondary N) is 1. The molecule has 2 amide bonds. The van der Waals surface area contributed by atoms with Crippen molar-refractivity contribution in [3.63, 3.8) is 0 Å². The summed E-state index contributed by atoms with van der Waals surface area (Å²) in [5.41, 5.74) is 1.50. The quantitative estimate of drug-likeness (QED) is 0.942. The van der Waals surface area contributed by atoms with Crippen LogP contribution in [0.5, 0.6) is 0 Å². The molecule has 0 spiro atoms. The Hall–Kier alpha value is -2.44. The van der Waals surface area contributed by atoms with E-state index in [1.54, 1.807) is 19.2 Å². The van der Waals surface area contributed by atoms with Gasteiger partial charge >= 0.3 is 6.03 Å². The molecule has 0 aliphatic rings. The van der Waals surface area contributed by atoms with Gasteiger partial charge in [-0.25, -0.2) is 4.79 Å². The minimum Gasteiger partial charge on any atom is -0.361 e. The van der Waals surface area contributed by atoms with Crippen LogP contribution in [0.4, 0.5) is 10.6 Å². The van der Waals surface area contributed by atoms with E-state index in [0.717, 1.165) is 5.69 Å². The molecule has 0 saturated carbocycles. The highest BCUT2D eigenvalue weighted by Gasteiger charge is 2.17. The lowest BCUT2D eigenvalue weighted by molar-refractivity contribution is 0.219. The van der Waals surface area contributed by atoms with Crippen molar-refractivity contribution in [3.05, 3.63) is 35.3 Å². The van der Waals surface area contributed by atoms with Gasteiger partial charge in [-0.3, -0.25) is 5.32 Å². The molecule has 2 aromatic rings. The molecule has 0 atom stereocenters. The van der Waals surface area contributed by atoms with Gasteiger partial charge in [0.2, 0.25) is 0 Å². The molecule has 22 heavy (non-hydrogen) atoms. The number of urea groups is 1. The van der Waals surface area contributed by atoms with Crippen molar-refractivity contribution in [2.45, 2.75) is 39.7 Å². The molecule has 0 aliphatic carbocycles. The average Bonchev–Trinajstić information content (AvgIpc) is 2.83. The lowest BCUT2D eigenvalue weighted by Gasteiger charge is -2.18. The number of carbonyl (C=O) groups is 1. The maximum Gasteiger partial charge on any atom is 0.323 e. The molecule has 2 aromatic heterocycles. The van der Waals surface area contributed by atoms with Crippen molar-refractivity contribution < 1.29 is 9.32 Å². The van der Waals surface area contributed by atoms with Gasteiger partial charge in [0, 0.05) is 18.5 Å². The first-order valence-electron chi connectivity index (χ1n) is 7.04. The molecule has 0 unspecified atom stereocenters. The Morgan fingerprint density at radius 2 is 2.05 bits per heavy atom. The van der Waals surface area contributed by atoms with E-state index >= 15 is 0 Å². The molecule has 0 aromatic carbocycles. The monoisotopic (exact) mass is 303 g/mol. The highest BCUT2D eigenvalue weighted by molar-refractivity contribution is 5.87. The van der Waals surface area contributed by atoms with Crippen molar-refractivity contribution >= 4 is 11.8 Å². The van der Waals surface area contributed by atoms with Crippen molar-refractivity contribution in [1.29, 1.82) is 0 Å². The first-order valence-corrected chi connectivity index (χ1v) is 7.04. The Morgan fingerprint density at radius 1 is 1.32 bits per heavy atom. The molecule has 118 valence electrons. The highest BCUT2D eigenvalue weighted by atomic mass is 16.5. The molecule has 7 nitrogen and oxygen atoms in total. The second-order valence-corrected chi connectivity index (χ2v) is 6.27. The number of amides is 2. The third kappa shape index (κ3) is 4.03. The summed E-state index contributed by atoms with van der Waals surface area (Å²) >= 11 is 0. The number of anilines is 1. The average molecular weight is 303 g/mol. The zero-order valence-electron chi connectivity index (χ0n) is 13.5. The minimum absolute atomic E-state index is 0.0723. The first-order chi connectivity index (χ1) is 10.3. The molecular formula is C15H21N5O2. The predicted octanol–water partition coefficient (Wildman–Crippen LogP) is 2.73. The third-order valence-corrected chi connectivity index (χ3v) is 3.09. The van der Waals surface area contributed by atoms with Gasteiger partial charge in [0.05, 0.1) is 12.2 Å². The van der Waals surface area contributed by atoms with Crippen LogP contribution in [-0.4, -0.2) is 33.3 Å². The van der Waals surface area contributed by atoms with Crippen LogP contribution >= 0.6 is 0 Å². The molecule has 0 bridgehead atoms. The Balaban J connectivity index is 1.96. The summed E-state index contributed by atoms with van der Waals surface area (Å²) in [4.78, 5) is 13.6. The maximum absolute atomic E-state index is 12.1. The number of rotatable bonds is 3. The zero-order valence-corrected chi connectivity index (χ0v) is 13.5. The molecule has 0 aliphatic heterocycles. The second kappa shape index (κ2) is 6.13. The van der Waals surface area contributed by atoms with Crippen molar-refractivity contribution in [1.82, 2.24) is 20.3 Å². The predicted molar refractivity (Wildman–Crippen MR) is 82.5 cm³/mol. The van der Waals surface area contributed by atoms with Gasteiger partial charge in [-0.15, -0.1) is 5.10 Å². The lowest BCUT2D eigenvalue weighted by atomic mass is 9.92. The van der Waals surface area contributed by atoms with Crippen LogP contribution in [0, 0.1) is 6.92 Å². The van der Waals surface area contributed by atoms with Crippen molar-refractivity contribution in [3.8, 4) is 0 Å². The van der Waals surface area contributed by atoms with Gasteiger partial charge in [0.25, 0.3) is 0 Å². The fraction of sp³-hybridized carbons (Fsp3) is 0.467. The van der Waals surface area contributed by atoms with Gasteiger partial charge in [-0.05, 0) is 19.1 Å². The Kier molecular flexibility index (Phi) is 4.44. The van der Waals surface area contributed by atoms with Crippen LogP contribution in [-0.2, 0) is 12.0 Å². The summed E-state index contributed by atoms with van der Waals surface area (Å²) < 4.78 is 4.98. The SMILES string of the molecule is Cc1cc(CN(C)C(=O)Nc2ccc(C(C)(C)C)nn2)no1. The summed E-state index contributed by atoms with van der Waals surface area (Å²) in [6.07, 6.45) is 0. The Labute approximate surface area is 129 Å². The minimum atomic E-state index is -0.279. The summed E-state index contributed by atoms with van der Waals surface area (Å²) in [7, 11) is 1.68. The number of carbonyl (C=O) groups excluding carboxylic acids is 1. The number of aryl methyl sites for hydroxylation is 1. The van der Waals surface area contributed by atoms with Crippen LogP contribution in [0.25, 0.3) is 0 Å². The normalized spacial score (nSPS) is 11.3. The Morgan fingerprint density at radius 3 is 2.55 bits per heavy atom. The van der Waals surface area contributed by atoms with E-state index in [1.807, 2.05) is 13.0 Å². The molecule has 0 saturated heterocycles. The molecule has 1 N–H and O–H groups in total. The second-order valence-electron chi connectivity index (χ2n) is 6.27. The van der Waals surface area contributed by atoms with E-state index in [2.05, 4.69) is 41.4 Å². The van der Waals surface area contributed by atoms with E-state index in [9.17, 15) is 4.79 Å². The topological polar surface area (TPSA) is 84.2 Å².